The van der Waals surface area contributed by atoms with Crippen molar-refractivity contribution in [3.63, 3.8) is 0 Å². The maximum absolute atomic E-state index is 12.6. The van der Waals surface area contributed by atoms with Crippen molar-refractivity contribution in [2.24, 2.45) is 0 Å². The summed E-state index contributed by atoms with van der Waals surface area (Å²) in [7, 11) is 3.97. The molecule has 1 fully saturated rings. The van der Waals surface area contributed by atoms with E-state index in [2.05, 4.69) is 18.7 Å². The predicted octanol–water partition coefficient (Wildman–Crippen LogP) is 3.87. The fourth-order valence-electron chi connectivity index (χ4n) is 2.73. The fourth-order valence-corrected chi connectivity index (χ4v) is 3.56. The van der Waals surface area contributed by atoms with E-state index in [1.165, 1.54) is 4.90 Å². The molecule has 136 valence electrons. The number of amides is 2. The summed E-state index contributed by atoms with van der Waals surface area (Å²) >= 11 is 1.03. The van der Waals surface area contributed by atoms with Crippen LogP contribution in [-0.2, 0) is 4.79 Å². The zero-order valence-corrected chi connectivity index (χ0v) is 16.3. The van der Waals surface area contributed by atoms with Gasteiger partial charge in [0.25, 0.3) is 11.1 Å². The molecule has 0 spiro atoms. The Morgan fingerprint density at radius 3 is 2.16 bits per heavy atom. The SMILES string of the molecule is CCCN(CCC)CN1C(=O)S/C(=C/c2ccc(N(C)C)cc2)C1=O. The quantitative estimate of drug-likeness (QED) is 0.658. The smallest absolute Gasteiger partial charge is 0.294 e. The molecular weight excluding hydrogens is 334 g/mol. The van der Waals surface area contributed by atoms with Gasteiger partial charge in [0.1, 0.15) is 0 Å². The van der Waals surface area contributed by atoms with Crippen LogP contribution >= 0.6 is 11.8 Å². The van der Waals surface area contributed by atoms with Crippen molar-refractivity contribution < 1.29 is 9.59 Å². The van der Waals surface area contributed by atoms with Crippen molar-refractivity contribution in [2.75, 3.05) is 38.8 Å². The third-order valence-electron chi connectivity index (χ3n) is 4.00. The van der Waals surface area contributed by atoms with Crippen LogP contribution in [0.1, 0.15) is 32.3 Å². The Morgan fingerprint density at radius 2 is 1.64 bits per heavy atom. The number of benzene rings is 1. The minimum Gasteiger partial charge on any atom is -0.378 e. The molecule has 2 rings (SSSR count). The molecule has 5 nitrogen and oxygen atoms in total. The highest BCUT2D eigenvalue weighted by Crippen LogP contribution is 2.32. The van der Waals surface area contributed by atoms with E-state index >= 15 is 0 Å². The molecule has 1 heterocycles. The Morgan fingerprint density at radius 1 is 1.04 bits per heavy atom. The van der Waals surface area contributed by atoms with E-state index in [1.54, 1.807) is 6.08 Å². The van der Waals surface area contributed by atoms with Crippen molar-refractivity contribution in [2.45, 2.75) is 26.7 Å². The second-order valence-electron chi connectivity index (χ2n) is 6.36. The Kier molecular flexibility index (Phi) is 7.08. The molecule has 0 saturated carbocycles. The topological polar surface area (TPSA) is 43.9 Å². The second kappa shape index (κ2) is 9.06. The molecule has 6 heteroatoms. The summed E-state index contributed by atoms with van der Waals surface area (Å²) in [6, 6.07) is 7.92. The molecule has 1 aliphatic rings. The van der Waals surface area contributed by atoms with Gasteiger partial charge in [0.15, 0.2) is 0 Å². The zero-order valence-electron chi connectivity index (χ0n) is 15.5. The monoisotopic (exact) mass is 361 g/mol. The van der Waals surface area contributed by atoms with Crippen molar-refractivity contribution >= 4 is 34.7 Å². The van der Waals surface area contributed by atoms with Gasteiger partial charge in [0.2, 0.25) is 0 Å². The lowest BCUT2D eigenvalue weighted by Crippen LogP contribution is -2.41. The summed E-state index contributed by atoms with van der Waals surface area (Å²) in [6.07, 6.45) is 3.81. The van der Waals surface area contributed by atoms with Crippen LogP contribution in [0.3, 0.4) is 0 Å². The third kappa shape index (κ3) is 5.09. The maximum Gasteiger partial charge on any atom is 0.294 e. The second-order valence-corrected chi connectivity index (χ2v) is 7.35. The molecular formula is C19H27N3O2S. The number of rotatable bonds is 8. The number of hydrogen-bond acceptors (Lipinski definition) is 5. The number of anilines is 1. The normalized spacial score (nSPS) is 16.4. The van der Waals surface area contributed by atoms with Crippen LogP contribution in [0, 0.1) is 0 Å². The van der Waals surface area contributed by atoms with Crippen molar-refractivity contribution in [1.82, 2.24) is 9.80 Å². The molecule has 1 aliphatic heterocycles. The van der Waals surface area contributed by atoms with Crippen molar-refractivity contribution in [1.29, 1.82) is 0 Å². The number of carbonyl (C=O) groups is 2. The lowest BCUT2D eigenvalue weighted by Gasteiger charge is -2.25. The van der Waals surface area contributed by atoms with Gasteiger partial charge in [-0.05, 0) is 61.5 Å². The maximum atomic E-state index is 12.6. The first-order valence-corrected chi connectivity index (χ1v) is 9.53. The number of carbonyl (C=O) groups excluding carboxylic acids is 2. The minimum absolute atomic E-state index is 0.182. The molecule has 1 aromatic carbocycles. The first-order valence-electron chi connectivity index (χ1n) is 8.71. The first-order chi connectivity index (χ1) is 12.0. The molecule has 0 radical (unpaired) electrons. The van der Waals surface area contributed by atoms with Gasteiger partial charge in [-0.2, -0.15) is 0 Å². The van der Waals surface area contributed by atoms with E-state index in [9.17, 15) is 9.59 Å². The summed E-state index contributed by atoms with van der Waals surface area (Å²) in [5.74, 6) is -0.191. The average molecular weight is 362 g/mol. The summed E-state index contributed by atoms with van der Waals surface area (Å²) in [4.78, 5) is 30.9. The Hall–Kier alpha value is -1.79. The standard InChI is InChI=1S/C19H27N3O2S/c1-5-11-21(12-6-2)14-22-18(23)17(25-19(22)24)13-15-7-9-16(10-8-15)20(3)4/h7-10,13H,5-6,11-12,14H2,1-4H3/b17-13+. The molecule has 0 unspecified atom stereocenters. The van der Waals surface area contributed by atoms with Crippen LogP contribution < -0.4 is 4.90 Å². The van der Waals surface area contributed by atoms with Gasteiger partial charge in [0, 0.05) is 19.8 Å². The molecule has 0 aliphatic carbocycles. The molecule has 0 aromatic heterocycles. The van der Waals surface area contributed by atoms with E-state index in [0.717, 1.165) is 48.9 Å². The lowest BCUT2D eigenvalue weighted by atomic mass is 10.2. The predicted molar refractivity (Wildman–Crippen MR) is 106 cm³/mol. The van der Waals surface area contributed by atoms with Gasteiger partial charge >= 0.3 is 0 Å². The van der Waals surface area contributed by atoms with Crippen molar-refractivity contribution in [3.05, 3.63) is 34.7 Å². The van der Waals surface area contributed by atoms with Crippen LogP contribution in [0.25, 0.3) is 6.08 Å². The number of nitrogens with zero attached hydrogens (tertiary/aromatic N) is 3. The molecule has 0 atom stereocenters. The Labute approximate surface area is 154 Å². The number of thioether (sulfide) groups is 1. The van der Waals surface area contributed by atoms with E-state index < -0.39 is 0 Å². The molecule has 0 N–H and O–H groups in total. The van der Waals surface area contributed by atoms with Gasteiger partial charge in [-0.1, -0.05) is 26.0 Å². The van der Waals surface area contributed by atoms with E-state index in [1.807, 2.05) is 43.3 Å². The Balaban J connectivity index is 2.11. The van der Waals surface area contributed by atoms with Gasteiger partial charge < -0.3 is 4.90 Å². The van der Waals surface area contributed by atoms with E-state index in [-0.39, 0.29) is 11.1 Å². The zero-order chi connectivity index (χ0) is 18.4. The first kappa shape index (κ1) is 19.5. The van der Waals surface area contributed by atoms with Crippen LogP contribution in [0.4, 0.5) is 10.5 Å². The number of hydrogen-bond donors (Lipinski definition) is 0. The molecule has 0 bridgehead atoms. The lowest BCUT2D eigenvalue weighted by molar-refractivity contribution is -0.124. The molecule has 1 saturated heterocycles. The summed E-state index contributed by atoms with van der Waals surface area (Å²) in [5.41, 5.74) is 2.02. The Bertz CT molecular complexity index is 635. The van der Waals surface area contributed by atoms with Gasteiger partial charge in [-0.15, -0.1) is 0 Å². The van der Waals surface area contributed by atoms with E-state index in [4.69, 9.17) is 0 Å². The fraction of sp³-hybridized carbons (Fsp3) is 0.474. The highest BCUT2D eigenvalue weighted by Gasteiger charge is 2.35. The molecule has 2 amide bonds. The largest absolute Gasteiger partial charge is 0.378 e. The van der Waals surface area contributed by atoms with Crippen molar-refractivity contribution in [3.8, 4) is 0 Å². The van der Waals surface area contributed by atoms with Crippen LogP contribution in [0.15, 0.2) is 29.2 Å². The highest BCUT2D eigenvalue weighted by molar-refractivity contribution is 8.18. The van der Waals surface area contributed by atoms with Crippen LogP contribution in [0.5, 0.6) is 0 Å². The third-order valence-corrected chi connectivity index (χ3v) is 4.91. The van der Waals surface area contributed by atoms with Crippen LogP contribution in [0.2, 0.25) is 0 Å². The molecule has 25 heavy (non-hydrogen) atoms. The van der Waals surface area contributed by atoms with Crippen LogP contribution in [-0.4, -0.2) is 54.8 Å². The molecule has 1 aromatic rings. The summed E-state index contributed by atoms with van der Waals surface area (Å²) in [6.45, 7) is 6.37. The van der Waals surface area contributed by atoms with E-state index in [0.29, 0.717) is 11.6 Å². The van der Waals surface area contributed by atoms with Gasteiger partial charge in [-0.25, -0.2) is 0 Å². The average Bonchev–Trinajstić information content (AvgIpc) is 2.83. The summed E-state index contributed by atoms with van der Waals surface area (Å²) < 4.78 is 0. The minimum atomic E-state index is -0.191. The van der Waals surface area contributed by atoms with Gasteiger partial charge in [-0.3, -0.25) is 19.4 Å². The van der Waals surface area contributed by atoms with Gasteiger partial charge in [0.05, 0.1) is 11.6 Å². The number of imide groups is 1. The summed E-state index contributed by atoms with van der Waals surface area (Å²) in [5, 5.41) is -0.182. The highest BCUT2D eigenvalue weighted by atomic mass is 32.2.